The van der Waals surface area contributed by atoms with Crippen molar-refractivity contribution in [3.8, 4) is 5.75 Å². The summed E-state index contributed by atoms with van der Waals surface area (Å²) in [5.41, 5.74) is 0.805. The number of nitrogens with one attached hydrogen (secondary N) is 3. The topological polar surface area (TPSA) is 82.6 Å². The van der Waals surface area contributed by atoms with Crippen LogP contribution in [0.1, 0.15) is 0 Å². The molecule has 6 nitrogen and oxygen atoms in total. The second-order valence-corrected chi connectivity index (χ2v) is 3.70. The fraction of sp³-hybridized carbons (Fsp3) is 0.417. The van der Waals surface area contributed by atoms with Gasteiger partial charge in [-0.15, -0.1) is 0 Å². The Labute approximate surface area is 106 Å². The number of hydrogen-bond donors (Lipinski definition) is 4. The summed E-state index contributed by atoms with van der Waals surface area (Å²) in [7, 11) is 3.11. The number of hydrogen-bond acceptors (Lipinski definition) is 4. The number of carbonyl (C=O) groups excluding carboxylic acids is 1. The summed E-state index contributed by atoms with van der Waals surface area (Å²) < 4.78 is 5.17. The van der Waals surface area contributed by atoms with Gasteiger partial charge in [0.15, 0.2) is 0 Å². The van der Waals surface area contributed by atoms with Gasteiger partial charge in [0.2, 0.25) is 0 Å². The first-order chi connectivity index (χ1) is 8.67. The molecule has 4 N–H and O–H groups in total. The Hall–Kier alpha value is -1.95. The van der Waals surface area contributed by atoms with Crippen LogP contribution in [0.3, 0.4) is 0 Å². The number of urea groups is 1. The van der Waals surface area contributed by atoms with Gasteiger partial charge in [-0.05, 0) is 12.1 Å². The van der Waals surface area contributed by atoms with Gasteiger partial charge in [-0.3, -0.25) is 0 Å². The minimum Gasteiger partial charge on any atom is -0.495 e. The first-order valence-corrected chi connectivity index (χ1v) is 5.68. The largest absolute Gasteiger partial charge is 0.495 e. The third kappa shape index (κ3) is 4.50. The molecule has 1 unspecified atom stereocenters. The Kier molecular flexibility index (Phi) is 5.79. The van der Waals surface area contributed by atoms with Gasteiger partial charge in [0.25, 0.3) is 0 Å². The van der Waals surface area contributed by atoms with Crippen molar-refractivity contribution in [2.24, 2.45) is 0 Å². The first-order valence-electron chi connectivity index (χ1n) is 5.68. The molecule has 1 atom stereocenters. The molecule has 1 aromatic carbocycles. The van der Waals surface area contributed by atoms with E-state index in [-0.39, 0.29) is 12.6 Å². The van der Waals surface area contributed by atoms with Crippen LogP contribution in [0.15, 0.2) is 24.3 Å². The van der Waals surface area contributed by atoms with Crippen LogP contribution in [0.4, 0.5) is 10.5 Å². The zero-order chi connectivity index (χ0) is 13.4. The van der Waals surface area contributed by atoms with Crippen molar-refractivity contribution in [2.75, 3.05) is 32.6 Å². The molecule has 2 amide bonds. The van der Waals surface area contributed by atoms with Crippen LogP contribution < -0.4 is 20.7 Å². The molecule has 0 aliphatic heterocycles. The standard InChI is InChI=1S/C12H19N3O3/c1-13-12(17)15-8-9(16)7-14-10-5-3-4-6-11(10)18-2/h3-6,9,14,16H,7-8H2,1-2H3,(H2,13,15,17). The zero-order valence-corrected chi connectivity index (χ0v) is 10.6. The maximum absolute atomic E-state index is 10.9. The lowest BCUT2D eigenvalue weighted by molar-refractivity contribution is 0.182. The fourth-order valence-electron chi connectivity index (χ4n) is 1.39. The van der Waals surface area contributed by atoms with Crippen molar-refractivity contribution in [1.82, 2.24) is 10.6 Å². The highest BCUT2D eigenvalue weighted by Gasteiger charge is 2.07. The predicted octanol–water partition coefficient (Wildman–Crippen LogP) is 0.397. The van der Waals surface area contributed by atoms with E-state index in [1.807, 2.05) is 24.3 Å². The molecular weight excluding hydrogens is 234 g/mol. The number of methoxy groups -OCH3 is 1. The molecular formula is C12H19N3O3. The molecule has 0 saturated carbocycles. The van der Waals surface area contributed by atoms with E-state index < -0.39 is 6.10 Å². The van der Waals surface area contributed by atoms with E-state index in [2.05, 4.69) is 16.0 Å². The van der Waals surface area contributed by atoms with Crippen molar-refractivity contribution in [3.05, 3.63) is 24.3 Å². The third-order valence-electron chi connectivity index (χ3n) is 2.36. The monoisotopic (exact) mass is 253 g/mol. The van der Waals surface area contributed by atoms with Crippen molar-refractivity contribution in [3.63, 3.8) is 0 Å². The van der Waals surface area contributed by atoms with Gasteiger partial charge in [-0.2, -0.15) is 0 Å². The van der Waals surface area contributed by atoms with Crippen LogP contribution >= 0.6 is 0 Å². The lowest BCUT2D eigenvalue weighted by Gasteiger charge is -2.15. The minimum absolute atomic E-state index is 0.182. The van der Waals surface area contributed by atoms with E-state index >= 15 is 0 Å². The van der Waals surface area contributed by atoms with Crippen molar-refractivity contribution in [2.45, 2.75) is 6.10 Å². The smallest absolute Gasteiger partial charge is 0.314 e. The van der Waals surface area contributed by atoms with Crippen molar-refractivity contribution < 1.29 is 14.6 Å². The van der Waals surface area contributed by atoms with Crippen LogP contribution in [-0.2, 0) is 0 Å². The van der Waals surface area contributed by atoms with E-state index in [4.69, 9.17) is 4.74 Å². The van der Waals surface area contributed by atoms with Crippen molar-refractivity contribution >= 4 is 11.7 Å². The maximum Gasteiger partial charge on any atom is 0.314 e. The Bertz CT molecular complexity index is 385. The average Bonchev–Trinajstić information content (AvgIpc) is 2.42. The molecule has 0 bridgehead atoms. The van der Waals surface area contributed by atoms with Gasteiger partial charge in [0, 0.05) is 20.1 Å². The number of para-hydroxylation sites is 2. The molecule has 1 aromatic rings. The quantitative estimate of drug-likeness (QED) is 0.591. The number of aliphatic hydroxyl groups is 1. The lowest BCUT2D eigenvalue weighted by atomic mass is 10.2. The van der Waals surface area contributed by atoms with E-state index in [0.29, 0.717) is 12.3 Å². The van der Waals surface area contributed by atoms with E-state index in [0.717, 1.165) is 5.69 Å². The molecule has 0 aromatic heterocycles. The SMILES string of the molecule is CNC(=O)NCC(O)CNc1ccccc1OC. The summed E-state index contributed by atoms with van der Waals surface area (Å²) in [5.74, 6) is 0.712. The highest BCUT2D eigenvalue weighted by atomic mass is 16.5. The van der Waals surface area contributed by atoms with Crippen LogP contribution in [0.25, 0.3) is 0 Å². The molecule has 0 heterocycles. The number of ether oxygens (including phenoxy) is 1. The second-order valence-electron chi connectivity index (χ2n) is 3.70. The van der Waals surface area contributed by atoms with Crippen LogP contribution in [0, 0.1) is 0 Å². The Morgan fingerprint density at radius 1 is 1.39 bits per heavy atom. The molecule has 0 fully saturated rings. The molecule has 0 spiro atoms. The molecule has 0 saturated heterocycles. The average molecular weight is 253 g/mol. The summed E-state index contributed by atoms with van der Waals surface area (Å²) in [6.45, 7) is 0.506. The van der Waals surface area contributed by atoms with Crippen LogP contribution in [0.5, 0.6) is 5.75 Å². The first kappa shape index (κ1) is 14.1. The number of rotatable bonds is 6. The van der Waals surface area contributed by atoms with E-state index in [1.54, 1.807) is 7.11 Å². The fourth-order valence-corrected chi connectivity index (χ4v) is 1.39. The third-order valence-corrected chi connectivity index (χ3v) is 2.36. The van der Waals surface area contributed by atoms with Crippen LogP contribution in [0.2, 0.25) is 0 Å². The molecule has 1 rings (SSSR count). The Morgan fingerprint density at radius 2 is 2.11 bits per heavy atom. The number of benzene rings is 1. The van der Waals surface area contributed by atoms with Gasteiger partial charge in [-0.25, -0.2) is 4.79 Å². The van der Waals surface area contributed by atoms with E-state index in [1.165, 1.54) is 7.05 Å². The van der Waals surface area contributed by atoms with Gasteiger partial charge in [0.05, 0.1) is 18.9 Å². The van der Waals surface area contributed by atoms with Crippen LogP contribution in [-0.4, -0.2) is 44.5 Å². The molecule has 0 radical (unpaired) electrons. The summed E-state index contributed by atoms with van der Waals surface area (Å²) in [5, 5.41) is 17.7. The molecule has 0 aliphatic rings. The summed E-state index contributed by atoms with van der Waals surface area (Å²) in [4.78, 5) is 10.9. The molecule has 18 heavy (non-hydrogen) atoms. The Morgan fingerprint density at radius 3 is 2.78 bits per heavy atom. The summed E-state index contributed by atoms with van der Waals surface area (Å²) >= 11 is 0. The highest BCUT2D eigenvalue weighted by molar-refractivity contribution is 5.73. The molecule has 100 valence electrons. The number of amides is 2. The predicted molar refractivity (Wildman–Crippen MR) is 69.9 cm³/mol. The maximum atomic E-state index is 10.9. The van der Waals surface area contributed by atoms with Gasteiger partial charge in [0.1, 0.15) is 5.75 Å². The number of carbonyl (C=O) groups is 1. The number of anilines is 1. The number of aliphatic hydroxyl groups excluding tert-OH is 1. The molecule has 0 aliphatic carbocycles. The minimum atomic E-state index is -0.674. The highest BCUT2D eigenvalue weighted by Crippen LogP contribution is 2.22. The Balaban J connectivity index is 2.37. The lowest BCUT2D eigenvalue weighted by Crippen LogP contribution is -2.40. The summed E-state index contributed by atoms with van der Waals surface area (Å²) in [6, 6.07) is 7.12. The molecule has 6 heteroatoms. The summed E-state index contributed by atoms with van der Waals surface area (Å²) in [6.07, 6.45) is -0.674. The van der Waals surface area contributed by atoms with Gasteiger partial charge in [-0.1, -0.05) is 12.1 Å². The van der Waals surface area contributed by atoms with Gasteiger partial charge >= 0.3 is 6.03 Å². The zero-order valence-electron chi connectivity index (χ0n) is 10.6. The second kappa shape index (κ2) is 7.39. The van der Waals surface area contributed by atoms with Crippen molar-refractivity contribution in [1.29, 1.82) is 0 Å². The van der Waals surface area contributed by atoms with E-state index in [9.17, 15) is 9.90 Å². The normalized spacial score (nSPS) is 11.5. The van der Waals surface area contributed by atoms with Gasteiger partial charge < -0.3 is 25.8 Å².